The van der Waals surface area contributed by atoms with Gasteiger partial charge in [0.1, 0.15) is 0 Å². The topological polar surface area (TPSA) is 162 Å². The zero-order valence-corrected chi connectivity index (χ0v) is 12.5. The zero-order valence-electron chi connectivity index (χ0n) is 12.5. The van der Waals surface area contributed by atoms with Crippen molar-refractivity contribution in [1.82, 2.24) is 10.6 Å². The highest BCUT2D eigenvalue weighted by atomic mass is 16.2. The number of nitrogens with one attached hydrogen (secondary N) is 2. The standard InChI is InChI=1S/C12H28N6O2/c1-12(2,3)9(18-11(20)8(16)5-14)6-17-10(19)7(15)4-13/h7-9H,4-6,13-16H2,1-3H3,(H,17,19)(H,18,20). The van der Waals surface area contributed by atoms with Gasteiger partial charge in [-0.2, -0.15) is 0 Å². The van der Waals surface area contributed by atoms with Gasteiger partial charge in [0.05, 0.1) is 18.1 Å². The molecule has 0 spiro atoms. The van der Waals surface area contributed by atoms with Crippen LogP contribution in [0.2, 0.25) is 0 Å². The van der Waals surface area contributed by atoms with E-state index in [-0.39, 0.29) is 42.9 Å². The van der Waals surface area contributed by atoms with E-state index in [9.17, 15) is 9.59 Å². The number of carbonyl (C=O) groups excluding carboxylic acids is 2. The fraction of sp³-hybridized carbons (Fsp3) is 0.833. The maximum absolute atomic E-state index is 11.8. The first-order valence-corrected chi connectivity index (χ1v) is 6.62. The molecule has 0 heterocycles. The number of nitrogens with two attached hydrogens (primary N) is 4. The minimum atomic E-state index is -0.762. The fourth-order valence-corrected chi connectivity index (χ4v) is 1.40. The van der Waals surface area contributed by atoms with E-state index < -0.39 is 12.1 Å². The second-order valence-electron chi connectivity index (χ2n) is 5.86. The van der Waals surface area contributed by atoms with E-state index in [1.807, 2.05) is 20.8 Å². The van der Waals surface area contributed by atoms with Crippen molar-refractivity contribution in [3.8, 4) is 0 Å². The second-order valence-corrected chi connectivity index (χ2v) is 5.86. The summed E-state index contributed by atoms with van der Waals surface area (Å²) in [6.45, 7) is 6.21. The number of rotatable bonds is 7. The highest BCUT2D eigenvalue weighted by Crippen LogP contribution is 2.18. The lowest BCUT2D eigenvalue weighted by atomic mass is 9.86. The molecule has 3 unspecified atom stereocenters. The summed E-state index contributed by atoms with van der Waals surface area (Å²) in [6.07, 6.45) is 0. The lowest BCUT2D eigenvalue weighted by Gasteiger charge is -2.32. The third-order valence-corrected chi connectivity index (χ3v) is 3.02. The number of amides is 2. The molecule has 20 heavy (non-hydrogen) atoms. The molecule has 8 heteroatoms. The van der Waals surface area contributed by atoms with Gasteiger partial charge in [0.15, 0.2) is 0 Å². The molecule has 0 aromatic heterocycles. The van der Waals surface area contributed by atoms with Crippen LogP contribution in [0.15, 0.2) is 0 Å². The Morgan fingerprint density at radius 3 is 1.85 bits per heavy atom. The molecule has 8 nitrogen and oxygen atoms in total. The van der Waals surface area contributed by atoms with E-state index in [1.54, 1.807) is 0 Å². The molecule has 0 radical (unpaired) electrons. The van der Waals surface area contributed by atoms with Crippen LogP contribution in [-0.2, 0) is 9.59 Å². The number of carbonyl (C=O) groups is 2. The molecular weight excluding hydrogens is 260 g/mol. The van der Waals surface area contributed by atoms with Crippen LogP contribution in [0.25, 0.3) is 0 Å². The van der Waals surface area contributed by atoms with Gasteiger partial charge in [-0.3, -0.25) is 9.59 Å². The average Bonchev–Trinajstić information content (AvgIpc) is 2.39. The Labute approximate surface area is 120 Å². The Morgan fingerprint density at radius 1 is 1.00 bits per heavy atom. The first-order chi connectivity index (χ1) is 9.13. The van der Waals surface area contributed by atoms with Crippen molar-refractivity contribution in [3.63, 3.8) is 0 Å². The third kappa shape index (κ3) is 6.29. The van der Waals surface area contributed by atoms with Crippen LogP contribution >= 0.6 is 0 Å². The highest BCUT2D eigenvalue weighted by Gasteiger charge is 2.28. The van der Waals surface area contributed by atoms with Crippen LogP contribution in [0, 0.1) is 5.41 Å². The highest BCUT2D eigenvalue weighted by molar-refractivity contribution is 5.83. The summed E-state index contributed by atoms with van der Waals surface area (Å²) in [5.41, 5.74) is 21.5. The Hall–Kier alpha value is -1.22. The zero-order chi connectivity index (χ0) is 15.9. The van der Waals surface area contributed by atoms with Gasteiger partial charge in [0.2, 0.25) is 11.8 Å². The SMILES string of the molecule is CC(C)(C)C(CNC(=O)C(N)CN)NC(=O)C(N)CN. The quantitative estimate of drug-likeness (QED) is 0.296. The van der Waals surface area contributed by atoms with E-state index in [1.165, 1.54) is 0 Å². The van der Waals surface area contributed by atoms with Crippen molar-refractivity contribution in [2.75, 3.05) is 19.6 Å². The van der Waals surface area contributed by atoms with Crippen LogP contribution in [0.5, 0.6) is 0 Å². The van der Waals surface area contributed by atoms with Gasteiger partial charge < -0.3 is 33.6 Å². The molecule has 0 aromatic carbocycles. The summed E-state index contributed by atoms with van der Waals surface area (Å²) in [5.74, 6) is -0.691. The molecular formula is C12H28N6O2. The van der Waals surface area contributed by atoms with E-state index in [4.69, 9.17) is 22.9 Å². The summed E-state index contributed by atoms with van der Waals surface area (Å²) in [4.78, 5) is 23.4. The maximum atomic E-state index is 11.8. The Kier molecular flexibility index (Phi) is 7.66. The first-order valence-electron chi connectivity index (χ1n) is 6.62. The van der Waals surface area contributed by atoms with Gasteiger partial charge in [0.25, 0.3) is 0 Å². The predicted octanol–water partition coefficient (Wildman–Crippen LogP) is -2.79. The minimum Gasteiger partial charge on any atom is -0.353 e. The Morgan fingerprint density at radius 2 is 1.45 bits per heavy atom. The Bertz CT molecular complexity index is 328. The summed E-state index contributed by atoms with van der Waals surface area (Å²) in [5, 5.41) is 5.46. The van der Waals surface area contributed by atoms with Crippen molar-refractivity contribution in [2.24, 2.45) is 28.3 Å². The molecule has 0 fully saturated rings. The summed E-state index contributed by atoms with van der Waals surface area (Å²) >= 11 is 0. The molecule has 3 atom stereocenters. The van der Waals surface area contributed by atoms with Crippen molar-refractivity contribution in [2.45, 2.75) is 38.9 Å². The molecule has 0 saturated heterocycles. The predicted molar refractivity (Wildman–Crippen MR) is 78.5 cm³/mol. The summed E-state index contributed by atoms with van der Waals surface area (Å²) in [6, 6.07) is -1.80. The molecule has 0 rings (SSSR count). The second kappa shape index (κ2) is 8.15. The van der Waals surface area contributed by atoms with Gasteiger partial charge in [-0.25, -0.2) is 0 Å². The number of hydrogen-bond donors (Lipinski definition) is 6. The van der Waals surface area contributed by atoms with Crippen LogP contribution in [0.1, 0.15) is 20.8 Å². The van der Waals surface area contributed by atoms with Crippen molar-refractivity contribution in [3.05, 3.63) is 0 Å². The molecule has 118 valence electrons. The third-order valence-electron chi connectivity index (χ3n) is 3.02. The van der Waals surface area contributed by atoms with E-state index in [0.717, 1.165) is 0 Å². The lowest BCUT2D eigenvalue weighted by Crippen LogP contribution is -2.57. The van der Waals surface area contributed by atoms with E-state index >= 15 is 0 Å². The normalized spacial score (nSPS) is 16.1. The molecule has 0 saturated carbocycles. The van der Waals surface area contributed by atoms with Crippen molar-refractivity contribution >= 4 is 11.8 Å². The van der Waals surface area contributed by atoms with Gasteiger partial charge in [-0.1, -0.05) is 20.8 Å². The smallest absolute Gasteiger partial charge is 0.238 e. The molecule has 0 aliphatic rings. The monoisotopic (exact) mass is 288 g/mol. The molecule has 2 amide bonds. The molecule has 0 aromatic rings. The van der Waals surface area contributed by atoms with E-state index in [2.05, 4.69) is 10.6 Å². The van der Waals surface area contributed by atoms with Crippen LogP contribution in [-0.4, -0.2) is 49.6 Å². The Balaban J connectivity index is 4.60. The van der Waals surface area contributed by atoms with Crippen molar-refractivity contribution in [1.29, 1.82) is 0 Å². The minimum absolute atomic E-state index is 0.0626. The maximum Gasteiger partial charge on any atom is 0.238 e. The first kappa shape index (κ1) is 18.8. The van der Waals surface area contributed by atoms with Crippen LogP contribution in [0.4, 0.5) is 0 Å². The molecule has 10 N–H and O–H groups in total. The summed E-state index contributed by atoms with van der Waals surface area (Å²) < 4.78 is 0. The number of hydrogen-bond acceptors (Lipinski definition) is 6. The van der Waals surface area contributed by atoms with Crippen LogP contribution < -0.4 is 33.6 Å². The van der Waals surface area contributed by atoms with Crippen molar-refractivity contribution < 1.29 is 9.59 Å². The van der Waals surface area contributed by atoms with Gasteiger partial charge >= 0.3 is 0 Å². The molecule has 0 aliphatic carbocycles. The van der Waals surface area contributed by atoms with Crippen LogP contribution in [0.3, 0.4) is 0 Å². The van der Waals surface area contributed by atoms with E-state index in [0.29, 0.717) is 0 Å². The van der Waals surface area contributed by atoms with Gasteiger partial charge in [-0.15, -0.1) is 0 Å². The largest absolute Gasteiger partial charge is 0.353 e. The molecule has 0 aliphatic heterocycles. The van der Waals surface area contributed by atoms with Gasteiger partial charge in [0, 0.05) is 19.6 Å². The fourth-order valence-electron chi connectivity index (χ4n) is 1.40. The van der Waals surface area contributed by atoms with Gasteiger partial charge in [-0.05, 0) is 5.41 Å². The molecule has 0 bridgehead atoms. The lowest BCUT2D eigenvalue weighted by molar-refractivity contribution is -0.125. The summed E-state index contributed by atoms with van der Waals surface area (Å²) in [7, 11) is 0. The average molecular weight is 288 g/mol.